The quantitative estimate of drug-likeness (QED) is 0.482. The third kappa shape index (κ3) is 5.00. The molecule has 35 heavy (non-hydrogen) atoms. The van der Waals surface area contributed by atoms with Crippen molar-refractivity contribution in [2.45, 2.75) is 19.4 Å². The Morgan fingerprint density at radius 1 is 1.11 bits per heavy atom. The predicted octanol–water partition coefficient (Wildman–Crippen LogP) is 3.72. The summed E-state index contributed by atoms with van der Waals surface area (Å²) in [6.45, 7) is 6.09. The molecule has 2 aliphatic rings. The van der Waals surface area contributed by atoms with Gasteiger partial charge in [-0.3, -0.25) is 24.2 Å². The van der Waals surface area contributed by atoms with E-state index in [1.165, 1.54) is 22.7 Å². The van der Waals surface area contributed by atoms with Crippen molar-refractivity contribution in [1.82, 2.24) is 14.8 Å². The molecule has 182 valence electrons. The van der Waals surface area contributed by atoms with Gasteiger partial charge in [0.25, 0.3) is 5.91 Å². The fourth-order valence-electron chi connectivity index (χ4n) is 4.37. The number of rotatable bonds is 7. The van der Waals surface area contributed by atoms with Crippen molar-refractivity contribution in [3.63, 3.8) is 0 Å². The highest BCUT2D eigenvalue weighted by Gasteiger charge is 2.36. The SMILES string of the molecule is CC(=O)N1CCN(CCCN(C(=O)c2cccs2)c2nc(C3Oc4ccccc4C3=O)cs2)CC1. The highest BCUT2D eigenvalue weighted by Crippen LogP contribution is 2.38. The van der Waals surface area contributed by atoms with E-state index < -0.39 is 6.10 Å². The largest absolute Gasteiger partial charge is 0.475 e. The van der Waals surface area contributed by atoms with E-state index in [1.54, 1.807) is 29.3 Å². The molecule has 0 radical (unpaired) electrons. The van der Waals surface area contributed by atoms with Gasteiger partial charge in [0.1, 0.15) is 11.4 Å². The summed E-state index contributed by atoms with van der Waals surface area (Å²) in [7, 11) is 0. The van der Waals surface area contributed by atoms with E-state index in [9.17, 15) is 14.4 Å². The fraction of sp³-hybridized carbons (Fsp3) is 0.360. The number of Topliss-reactive ketones (excluding diaryl/α,β-unsaturated/α-hetero) is 1. The fourth-order valence-corrected chi connectivity index (χ4v) is 5.90. The van der Waals surface area contributed by atoms with Crippen molar-refractivity contribution >= 4 is 45.4 Å². The summed E-state index contributed by atoms with van der Waals surface area (Å²) in [6, 6.07) is 10.9. The van der Waals surface area contributed by atoms with Gasteiger partial charge in [0, 0.05) is 45.0 Å². The number of anilines is 1. The Hall–Kier alpha value is -3.08. The number of benzene rings is 1. The number of hydrogen-bond acceptors (Lipinski definition) is 8. The van der Waals surface area contributed by atoms with Gasteiger partial charge >= 0.3 is 0 Å². The average molecular weight is 511 g/mol. The number of thiazole rings is 1. The number of ether oxygens (including phenoxy) is 1. The number of thiophene rings is 1. The number of piperazine rings is 1. The Balaban J connectivity index is 1.28. The molecule has 1 aromatic carbocycles. The molecule has 0 aliphatic carbocycles. The van der Waals surface area contributed by atoms with E-state index in [0.29, 0.717) is 33.6 Å². The Labute approximate surface area is 211 Å². The molecule has 0 spiro atoms. The molecule has 5 rings (SSSR count). The van der Waals surface area contributed by atoms with Crippen LogP contribution in [0.2, 0.25) is 0 Å². The van der Waals surface area contributed by atoms with Gasteiger partial charge in [0.2, 0.25) is 17.8 Å². The van der Waals surface area contributed by atoms with Gasteiger partial charge in [0.15, 0.2) is 5.13 Å². The average Bonchev–Trinajstić information content (AvgIpc) is 3.63. The minimum absolute atomic E-state index is 0.0933. The second kappa shape index (κ2) is 10.3. The number of aromatic nitrogens is 1. The summed E-state index contributed by atoms with van der Waals surface area (Å²) in [5.41, 5.74) is 1.08. The predicted molar refractivity (Wildman–Crippen MR) is 136 cm³/mol. The molecule has 1 atom stereocenters. The molecule has 4 heterocycles. The van der Waals surface area contributed by atoms with Crippen molar-refractivity contribution < 1.29 is 19.1 Å². The van der Waals surface area contributed by atoms with Crippen LogP contribution in [0.25, 0.3) is 0 Å². The zero-order chi connectivity index (χ0) is 24.4. The van der Waals surface area contributed by atoms with Crippen molar-refractivity contribution in [3.05, 3.63) is 63.3 Å². The summed E-state index contributed by atoms with van der Waals surface area (Å²) < 4.78 is 5.88. The van der Waals surface area contributed by atoms with Crippen molar-refractivity contribution in [2.75, 3.05) is 44.2 Å². The summed E-state index contributed by atoms with van der Waals surface area (Å²) in [4.78, 5) is 49.0. The Kier molecular flexibility index (Phi) is 6.94. The summed E-state index contributed by atoms with van der Waals surface area (Å²) >= 11 is 2.75. The number of carbonyl (C=O) groups is 3. The first-order valence-electron chi connectivity index (χ1n) is 11.6. The lowest BCUT2D eigenvalue weighted by atomic mass is 10.1. The first-order valence-corrected chi connectivity index (χ1v) is 13.4. The van der Waals surface area contributed by atoms with Crippen LogP contribution in [-0.2, 0) is 4.79 Å². The highest BCUT2D eigenvalue weighted by molar-refractivity contribution is 7.14. The molecule has 1 saturated heterocycles. The van der Waals surface area contributed by atoms with Crippen molar-refractivity contribution in [3.8, 4) is 5.75 Å². The van der Waals surface area contributed by atoms with Crippen LogP contribution >= 0.6 is 22.7 Å². The minimum Gasteiger partial charge on any atom is -0.475 e. The lowest BCUT2D eigenvalue weighted by Crippen LogP contribution is -2.48. The maximum atomic E-state index is 13.3. The number of carbonyl (C=O) groups excluding carboxylic acids is 3. The summed E-state index contributed by atoms with van der Waals surface area (Å²) in [5.74, 6) is 0.473. The van der Waals surface area contributed by atoms with Crippen LogP contribution in [-0.4, -0.2) is 71.6 Å². The number of nitrogens with zero attached hydrogens (tertiary/aromatic N) is 4. The van der Waals surface area contributed by atoms with Gasteiger partial charge in [-0.05, 0) is 36.5 Å². The second-order valence-corrected chi connectivity index (χ2v) is 10.3. The molecule has 2 aliphatic heterocycles. The maximum Gasteiger partial charge on any atom is 0.270 e. The van der Waals surface area contributed by atoms with Gasteiger partial charge in [-0.15, -0.1) is 22.7 Å². The second-order valence-electron chi connectivity index (χ2n) is 8.55. The highest BCUT2D eigenvalue weighted by atomic mass is 32.1. The van der Waals surface area contributed by atoms with Crippen LogP contribution in [0.1, 0.15) is 45.2 Å². The van der Waals surface area contributed by atoms with Crippen molar-refractivity contribution in [1.29, 1.82) is 0 Å². The van der Waals surface area contributed by atoms with E-state index in [4.69, 9.17) is 4.74 Å². The maximum absolute atomic E-state index is 13.3. The molecule has 1 unspecified atom stereocenters. The van der Waals surface area contributed by atoms with E-state index in [-0.39, 0.29) is 17.6 Å². The van der Waals surface area contributed by atoms with Crippen LogP contribution in [0.3, 0.4) is 0 Å². The molecule has 0 saturated carbocycles. The molecule has 0 N–H and O–H groups in total. The molecular weight excluding hydrogens is 484 g/mol. The first kappa shape index (κ1) is 23.7. The van der Waals surface area contributed by atoms with Crippen LogP contribution in [0, 0.1) is 0 Å². The monoisotopic (exact) mass is 510 g/mol. The number of amides is 2. The lowest BCUT2D eigenvalue weighted by molar-refractivity contribution is -0.130. The molecule has 3 aromatic rings. The van der Waals surface area contributed by atoms with Crippen LogP contribution in [0.15, 0.2) is 47.2 Å². The normalized spacial score (nSPS) is 17.8. The summed E-state index contributed by atoms with van der Waals surface area (Å²) in [5, 5.41) is 4.25. The van der Waals surface area contributed by atoms with Gasteiger partial charge in [0.05, 0.1) is 10.4 Å². The zero-order valence-electron chi connectivity index (χ0n) is 19.4. The zero-order valence-corrected chi connectivity index (χ0v) is 21.0. The Bertz CT molecular complexity index is 1220. The molecular formula is C25H26N4O4S2. The molecule has 2 aromatic heterocycles. The summed E-state index contributed by atoms with van der Waals surface area (Å²) in [6.07, 6.45) is -0.00944. The Morgan fingerprint density at radius 2 is 1.91 bits per heavy atom. The molecule has 0 bridgehead atoms. The van der Waals surface area contributed by atoms with E-state index in [0.717, 1.165) is 39.1 Å². The van der Waals surface area contributed by atoms with Gasteiger partial charge in [-0.1, -0.05) is 18.2 Å². The van der Waals surface area contributed by atoms with E-state index >= 15 is 0 Å². The van der Waals surface area contributed by atoms with Crippen LogP contribution in [0.5, 0.6) is 5.75 Å². The van der Waals surface area contributed by atoms with E-state index in [2.05, 4.69) is 9.88 Å². The Morgan fingerprint density at radius 3 is 2.63 bits per heavy atom. The molecule has 1 fully saturated rings. The number of fused-ring (bicyclic) bond motifs is 1. The first-order chi connectivity index (χ1) is 17.0. The smallest absolute Gasteiger partial charge is 0.270 e. The van der Waals surface area contributed by atoms with Crippen LogP contribution < -0.4 is 9.64 Å². The molecule has 8 nitrogen and oxygen atoms in total. The van der Waals surface area contributed by atoms with Gasteiger partial charge < -0.3 is 9.64 Å². The topological polar surface area (TPSA) is 83.1 Å². The standard InChI is InChI=1S/C25H26N4O4S2/c1-17(30)28-13-11-27(12-14-28)9-5-10-29(24(32)21-8-4-15-34-21)25-26-19(16-35-25)23-22(31)18-6-2-3-7-20(18)33-23/h2-4,6-8,15-16,23H,5,9-14H2,1H3. The van der Waals surface area contributed by atoms with E-state index in [1.807, 2.05) is 34.5 Å². The number of hydrogen-bond donors (Lipinski definition) is 0. The number of para-hydroxylation sites is 1. The van der Waals surface area contributed by atoms with Gasteiger partial charge in [-0.2, -0.15) is 0 Å². The third-order valence-corrected chi connectivity index (χ3v) is 8.04. The lowest BCUT2D eigenvalue weighted by Gasteiger charge is -2.34. The minimum atomic E-state index is -0.784. The van der Waals surface area contributed by atoms with Crippen LogP contribution in [0.4, 0.5) is 5.13 Å². The van der Waals surface area contributed by atoms with Crippen molar-refractivity contribution in [2.24, 2.45) is 0 Å². The number of ketones is 1. The molecule has 2 amide bonds. The third-order valence-electron chi connectivity index (χ3n) is 6.30. The van der Waals surface area contributed by atoms with Gasteiger partial charge in [-0.25, -0.2) is 4.98 Å². The molecule has 10 heteroatoms.